The summed E-state index contributed by atoms with van der Waals surface area (Å²) >= 11 is 0. The number of carbonyl (C=O) groups excluding carboxylic acids is 3. The van der Waals surface area contributed by atoms with E-state index in [1.807, 2.05) is 0 Å². The van der Waals surface area contributed by atoms with E-state index in [9.17, 15) is 14.4 Å². The van der Waals surface area contributed by atoms with Crippen LogP contribution in [0.3, 0.4) is 0 Å². The number of hydrogen-bond acceptors (Lipinski definition) is 6. The molecule has 7 heteroatoms. The minimum atomic E-state index is -1.22. The van der Waals surface area contributed by atoms with E-state index in [1.54, 1.807) is 0 Å². The van der Waals surface area contributed by atoms with Crippen molar-refractivity contribution in [3.05, 3.63) is 0 Å². The summed E-state index contributed by atoms with van der Waals surface area (Å²) in [6.45, 7) is 2.86. The molecule has 0 radical (unpaired) electrons. The van der Waals surface area contributed by atoms with Crippen LogP contribution in [0.25, 0.3) is 0 Å². The van der Waals surface area contributed by atoms with Crippen LogP contribution in [0.4, 0.5) is 4.79 Å². The highest BCUT2D eigenvalue weighted by Gasteiger charge is 2.34. The van der Waals surface area contributed by atoms with Gasteiger partial charge in [0.15, 0.2) is 5.72 Å². The van der Waals surface area contributed by atoms with Gasteiger partial charge >= 0.3 is 6.16 Å². The number of amides is 2. The van der Waals surface area contributed by atoms with E-state index in [4.69, 9.17) is 5.73 Å². The largest absolute Gasteiger partial charge is 0.535 e. The van der Waals surface area contributed by atoms with Gasteiger partial charge in [0.2, 0.25) is 0 Å². The molecule has 1 aliphatic heterocycles. The number of rotatable bonds is 2. The van der Waals surface area contributed by atoms with Gasteiger partial charge in [-0.3, -0.25) is 20.2 Å². The third-order valence-electron chi connectivity index (χ3n) is 1.52. The van der Waals surface area contributed by atoms with E-state index in [0.29, 0.717) is 5.06 Å². The van der Waals surface area contributed by atoms with Gasteiger partial charge in [0.05, 0.1) is 0 Å². The molecule has 2 N–H and O–H groups in total. The van der Waals surface area contributed by atoms with E-state index in [1.165, 1.54) is 13.8 Å². The van der Waals surface area contributed by atoms with Gasteiger partial charge in [0, 0.05) is 12.8 Å². The van der Waals surface area contributed by atoms with Crippen molar-refractivity contribution in [1.82, 2.24) is 5.06 Å². The summed E-state index contributed by atoms with van der Waals surface area (Å²) in [6.07, 6.45) is -1.10. The molecule has 0 unspecified atom stereocenters. The predicted octanol–water partition coefficient (Wildman–Crippen LogP) is -0.102. The van der Waals surface area contributed by atoms with Crippen molar-refractivity contribution in [3.63, 3.8) is 0 Å². The summed E-state index contributed by atoms with van der Waals surface area (Å²) in [4.78, 5) is 37.5. The molecule has 84 valence electrons. The van der Waals surface area contributed by atoms with Crippen LogP contribution in [-0.4, -0.2) is 28.8 Å². The number of hydrogen-bond donors (Lipinski definition) is 1. The molecule has 7 nitrogen and oxygen atoms in total. The van der Waals surface area contributed by atoms with Crippen LogP contribution in [-0.2, 0) is 19.2 Å². The summed E-state index contributed by atoms with van der Waals surface area (Å²) < 4.78 is 4.57. The molecule has 1 heterocycles. The van der Waals surface area contributed by atoms with E-state index in [2.05, 4.69) is 9.57 Å². The van der Waals surface area contributed by atoms with E-state index in [0.717, 1.165) is 0 Å². The maximum Gasteiger partial charge on any atom is 0.535 e. The van der Waals surface area contributed by atoms with E-state index in [-0.39, 0.29) is 12.8 Å². The van der Waals surface area contributed by atoms with Crippen LogP contribution >= 0.6 is 0 Å². The first-order chi connectivity index (χ1) is 6.79. The average molecular weight is 216 g/mol. The van der Waals surface area contributed by atoms with Gasteiger partial charge in [-0.15, -0.1) is 0 Å². The van der Waals surface area contributed by atoms with Gasteiger partial charge in [-0.25, -0.2) is 4.79 Å². The van der Waals surface area contributed by atoms with Gasteiger partial charge < -0.3 is 4.74 Å². The molecular weight excluding hydrogens is 204 g/mol. The fraction of sp³-hybridized carbons (Fsp3) is 0.625. The SMILES string of the molecule is CC(C)(N)OC(=O)ON1C(=O)CCC1=O. The van der Waals surface area contributed by atoms with Crippen molar-refractivity contribution in [2.75, 3.05) is 0 Å². The molecule has 15 heavy (non-hydrogen) atoms. The van der Waals surface area contributed by atoms with E-state index >= 15 is 0 Å². The van der Waals surface area contributed by atoms with Crippen LogP contribution in [0.15, 0.2) is 0 Å². The topological polar surface area (TPSA) is 98.9 Å². The smallest absolute Gasteiger partial charge is 0.412 e. The molecule has 0 aromatic rings. The highest BCUT2D eigenvalue weighted by Crippen LogP contribution is 2.13. The molecule has 0 atom stereocenters. The maximum atomic E-state index is 11.0. The molecule has 0 bridgehead atoms. The zero-order chi connectivity index (χ0) is 11.6. The minimum absolute atomic E-state index is 0.0398. The summed E-state index contributed by atoms with van der Waals surface area (Å²) in [5.41, 5.74) is 4.15. The number of hydroxylamine groups is 2. The van der Waals surface area contributed by atoms with Crippen molar-refractivity contribution in [2.24, 2.45) is 5.73 Å². The summed E-state index contributed by atoms with van der Waals surface area (Å²) in [5, 5.41) is 0.397. The number of ether oxygens (including phenoxy) is 1. The van der Waals surface area contributed by atoms with Gasteiger partial charge in [-0.2, -0.15) is 0 Å². The minimum Gasteiger partial charge on any atom is -0.412 e. The fourth-order valence-corrected chi connectivity index (χ4v) is 0.966. The third kappa shape index (κ3) is 3.21. The Morgan fingerprint density at radius 2 is 1.80 bits per heavy atom. The molecule has 0 aromatic carbocycles. The molecule has 0 saturated carbocycles. The molecule has 1 saturated heterocycles. The lowest BCUT2D eigenvalue weighted by atomic mass is 10.3. The summed E-state index contributed by atoms with van der Waals surface area (Å²) in [5.74, 6) is -1.13. The predicted molar refractivity (Wildman–Crippen MR) is 46.9 cm³/mol. The third-order valence-corrected chi connectivity index (χ3v) is 1.52. The Morgan fingerprint density at radius 1 is 1.33 bits per heavy atom. The monoisotopic (exact) mass is 216 g/mol. The highest BCUT2D eigenvalue weighted by atomic mass is 16.8. The number of nitrogens with zero attached hydrogens (tertiary/aromatic N) is 1. The van der Waals surface area contributed by atoms with Crippen LogP contribution < -0.4 is 5.73 Å². The molecule has 0 aliphatic carbocycles. The Morgan fingerprint density at radius 3 is 2.20 bits per heavy atom. The van der Waals surface area contributed by atoms with Crippen molar-refractivity contribution in [1.29, 1.82) is 0 Å². The molecule has 0 spiro atoms. The molecule has 2 amide bonds. The van der Waals surface area contributed by atoms with Crippen LogP contribution in [0.1, 0.15) is 26.7 Å². The quantitative estimate of drug-likeness (QED) is 0.393. The second-order valence-electron chi connectivity index (χ2n) is 3.63. The zero-order valence-electron chi connectivity index (χ0n) is 8.48. The van der Waals surface area contributed by atoms with Gasteiger partial charge in [-0.1, -0.05) is 5.06 Å². The van der Waals surface area contributed by atoms with Gasteiger partial charge in [0.1, 0.15) is 0 Å². The highest BCUT2D eigenvalue weighted by molar-refractivity contribution is 6.01. The zero-order valence-corrected chi connectivity index (χ0v) is 8.48. The lowest BCUT2D eigenvalue weighted by molar-refractivity contribution is -0.180. The van der Waals surface area contributed by atoms with Crippen molar-refractivity contribution >= 4 is 18.0 Å². The van der Waals surface area contributed by atoms with Crippen LogP contribution in [0.2, 0.25) is 0 Å². The molecule has 0 aromatic heterocycles. The second kappa shape index (κ2) is 3.85. The number of imide groups is 1. The van der Waals surface area contributed by atoms with Gasteiger partial charge in [-0.05, 0) is 13.8 Å². The number of nitrogens with two attached hydrogens (primary N) is 1. The van der Waals surface area contributed by atoms with E-state index < -0.39 is 23.7 Å². The summed E-state index contributed by atoms with van der Waals surface area (Å²) in [7, 11) is 0. The average Bonchev–Trinajstić information content (AvgIpc) is 2.32. The van der Waals surface area contributed by atoms with Crippen LogP contribution in [0, 0.1) is 0 Å². The van der Waals surface area contributed by atoms with Crippen LogP contribution in [0.5, 0.6) is 0 Å². The number of carbonyl (C=O) groups is 3. The molecular formula is C8H12N2O5. The first kappa shape index (κ1) is 11.4. The van der Waals surface area contributed by atoms with Crippen molar-refractivity contribution < 1.29 is 24.0 Å². The maximum absolute atomic E-state index is 11.0. The normalized spacial score (nSPS) is 16.9. The fourth-order valence-electron chi connectivity index (χ4n) is 0.966. The first-order valence-electron chi connectivity index (χ1n) is 4.35. The Balaban J connectivity index is 2.51. The Kier molecular flexibility index (Phi) is 2.94. The molecule has 1 rings (SSSR count). The Labute approximate surface area is 86.1 Å². The second-order valence-corrected chi connectivity index (χ2v) is 3.63. The van der Waals surface area contributed by atoms with Crippen molar-refractivity contribution in [2.45, 2.75) is 32.4 Å². The lowest BCUT2D eigenvalue weighted by Gasteiger charge is -2.20. The standard InChI is InChI=1S/C8H12N2O5/c1-8(2,9)14-7(13)15-10-5(11)3-4-6(10)12/h3-4,9H2,1-2H3. The lowest BCUT2D eigenvalue weighted by Crippen LogP contribution is -2.41. The Hall–Kier alpha value is -1.63. The van der Waals surface area contributed by atoms with Crippen molar-refractivity contribution in [3.8, 4) is 0 Å². The first-order valence-corrected chi connectivity index (χ1v) is 4.35. The molecule has 1 fully saturated rings. The van der Waals surface area contributed by atoms with Gasteiger partial charge in [0.25, 0.3) is 11.8 Å². The summed E-state index contributed by atoms with van der Waals surface area (Å²) in [6, 6.07) is 0. The molecule has 1 aliphatic rings. The Bertz CT molecular complexity index is 291.